The molecule has 0 radical (unpaired) electrons. The van der Waals surface area contributed by atoms with Crippen LogP contribution in [0.1, 0.15) is 32.0 Å². The van der Waals surface area contributed by atoms with Crippen LogP contribution < -0.4 is 5.32 Å². The number of pyridine rings is 1. The highest BCUT2D eigenvalue weighted by Gasteiger charge is 2.49. The summed E-state index contributed by atoms with van der Waals surface area (Å²) >= 11 is 0. The third-order valence-corrected chi connectivity index (χ3v) is 3.97. The van der Waals surface area contributed by atoms with Gasteiger partial charge in [-0.25, -0.2) is 9.78 Å². The first kappa shape index (κ1) is 15.5. The molecule has 122 valence electrons. The van der Waals surface area contributed by atoms with Crippen molar-refractivity contribution in [2.24, 2.45) is 0 Å². The standard InChI is InChI=1S/C17H21N3O3/c1-11-6-7-12-13(18-11)19-14(21)17(12)8-5-9-20(10-17)15(22)23-16(2,3)4/h5-8H,9-10H2,1-4H3,(H,18,19,21)/t17-/m1/s1. The maximum atomic E-state index is 12.6. The molecule has 6 nitrogen and oxygen atoms in total. The Balaban J connectivity index is 1.92. The second kappa shape index (κ2) is 5.08. The Hall–Kier alpha value is -2.37. The Kier molecular flexibility index (Phi) is 3.43. The minimum absolute atomic E-state index is 0.157. The number of carbonyl (C=O) groups is 2. The molecule has 3 rings (SSSR count). The van der Waals surface area contributed by atoms with Gasteiger partial charge in [0.2, 0.25) is 5.91 Å². The van der Waals surface area contributed by atoms with Crippen molar-refractivity contribution in [2.45, 2.75) is 38.7 Å². The van der Waals surface area contributed by atoms with Crippen LogP contribution in [0.2, 0.25) is 0 Å². The van der Waals surface area contributed by atoms with Crippen LogP contribution in [0.5, 0.6) is 0 Å². The van der Waals surface area contributed by atoms with Gasteiger partial charge in [-0.2, -0.15) is 0 Å². The van der Waals surface area contributed by atoms with Crippen LogP contribution in [-0.2, 0) is 14.9 Å². The normalized spacial score (nSPS) is 23.0. The van der Waals surface area contributed by atoms with Gasteiger partial charge in [-0.05, 0) is 33.8 Å². The Labute approximate surface area is 135 Å². The van der Waals surface area contributed by atoms with E-state index in [0.717, 1.165) is 11.3 Å². The molecule has 1 aromatic rings. The maximum Gasteiger partial charge on any atom is 0.410 e. The fourth-order valence-electron chi connectivity index (χ4n) is 2.94. The molecule has 3 heterocycles. The number of aryl methyl sites for hydroxylation is 1. The van der Waals surface area contributed by atoms with Gasteiger partial charge in [-0.15, -0.1) is 0 Å². The fraction of sp³-hybridized carbons (Fsp3) is 0.471. The van der Waals surface area contributed by atoms with E-state index in [4.69, 9.17) is 4.74 Å². The molecule has 0 aromatic carbocycles. The van der Waals surface area contributed by atoms with Crippen LogP contribution >= 0.6 is 0 Å². The predicted octanol–water partition coefficient (Wildman–Crippen LogP) is 2.39. The second-order valence-electron chi connectivity index (χ2n) is 7.04. The highest BCUT2D eigenvalue weighted by molar-refractivity contribution is 6.07. The molecule has 2 aliphatic heterocycles. The zero-order valence-corrected chi connectivity index (χ0v) is 13.8. The molecule has 2 amide bonds. The quantitative estimate of drug-likeness (QED) is 0.746. The SMILES string of the molecule is Cc1ccc2c(n1)NC(=O)[C@@]21C=CCN(C(=O)OC(C)(C)C)C1. The molecule has 0 fully saturated rings. The molecule has 1 N–H and O–H groups in total. The Bertz CT molecular complexity index is 706. The van der Waals surface area contributed by atoms with Gasteiger partial charge >= 0.3 is 6.09 Å². The number of nitrogens with zero attached hydrogens (tertiary/aromatic N) is 2. The van der Waals surface area contributed by atoms with Crippen LogP contribution in [0.15, 0.2) is 24.3 Å². The predicted molar refractivity (Wildman–Crippen MR) is 86.2 cm³/mol. The monoisotopic (exact) mass is 315 g/mol. The van der Waals surface area contributed by atoms with Crippen molar-refractivity contribution >= 4 is 17.8 Å². The van der Waals surface area contributed by atoms with Gasteiger partial charge in [0.15, 0.2) is 0 Å². The number of hydrogen-bond donors (Lipinski definition) is 1. The first-order valence-electron chi connectivity index (χ1n) is 7.66. The summed E-state index contributed by atoms with van der Waals surface area (Å²) in [5, 5.41) is 2.83. The smallest absolute Gasteiger partial charge is 0.410 e. The van der Waals surface area contributed by atoms with E-state index in [1.807, 2.05) is 52.0 Å². The number of ether oxygens (including phenoxy) is 1. The number of nitrogens with one attached hydrogen (secondary N) is 1. The number of rotatable bonds is 0. The summed E-state index contributed by atoms with van der Waals surface area (Å²) in [4.78, 5) is 30.9. The summed E-state index contributed by atoms with van der Waals surface area (Å²) in [7, 11) is 0. The van der Waals surface area contributed by atoms with Crippen LogP contribution in [0.3, 0.4) is 0 Å². The lowest BCUT2D eigenvalue weighted by molar-refractivity contribution is -0.120. The molecule has 2 aliphatic rings. The Morgan fingerprint density at radius 3 is 2.83 bits per heavy atom. The highest BCUT2D eigenvalue weighted by atomic mass is 16.6. The third-order valence-electron chi connectivity index (χ3n) is 3.97. The summed E-state index contributed by atoms with van der Waals surface area (Å²) < 4.78 is 5.43. The largest absolute Gasteiger partial charge is 0.444 e. The zero-order valence-electron chi connectivity index (χ0n) is 13.8. The first-order valence-corrected chi connectivity index (χ1v) is 7.66. The summed E-state index contributed by atoms with van der Waals surface area (Å²) in [6, 6.07) is 3.78. The lowest BCUT2D eigenvalue weighted by Crippen LogP contribution is -2.50. The van der Waals surface area contributed by atoms with Gasteiger partial charge in [-0.3, -0.25) is 4.79 Å². The van der Waals surface area contributed by atoms with Gasteiger partial charge in [0.05, 0.1) is 0 Å². The van der Waals surface area contributed by atoms with Crippen LogP contribution in [0.4, 0.5) is 10.6 Å². The van der Waals surface area contributed by atoms with E-state index in [1.54, 1.807) is 4.90 Å². The van der Waals surface area contributed by atoms with E-state index >= 15 is 0 Å². The van der Waals surface area contributed by atoms with Crippen molar-refractivity contribution < 1.29 is 14.3 Å². The summed E-state index contributed by atoms with van der Waals surface area (Å²) in [5.41, 5.74) is 0.188. The number of carbonyl (C=O) groups excluding carboxylic acids is 2. The average molecular weight is 315 g/mol. The minimum Gasteiger partial charge on any atom is -0.444 e. The number of anilines is 1. The van der Waals surface area contributed by atoms with Crippen LogP contribution in [-0.4, -0.2) is 40.6 Å². The molecule has 1 atom stereocenters. The van der Waals surface area contributed by atoms with E-state index in [1.165, 1.54) is 0 Å². The van der Waals surface area contributed by atoms with Gasteiger partial charge in [0, 0.05) is 24.3 Å². The molecule has 1 aromatic heterocycles. The molecule has 6 heteroatoms. The molecular weight excluding hydrogens is 294 g/mol. The molecule has 0 aliphatic carbocycles. The summed E-state index contributed by atoms with van der Waals surface area (Å²) in [6.45, 7) is 8.03. The number of fused-ring (bicyclic) bond motifs is 2. The lowest BCUT2D eigenvalue weighted by Gasteiger charge is -2.35. The average Bonchev–Trinajstić information content (AvgIpc) is 2.69. The molecule has 0 saturated carbocycles. The van der Waals surface area contributed by atoms with E-state index in [9.17, 15) is 9.59 Å². The molecule has 23 heavy (non-hydrogen) atoms. The van der Waals surface area contributed by atoms with E-state index < -0.39 is 17.1 Å². The van der Waals surface area contributed by atoms with Crippen molar-refractivity contribution in [3.8, 4) is 0 Å². The molecule has 1 spiro atoms. The van der Waals surface area contributed by atoms with E-state index in [2.05, 4.69) is 10.3 Å². The highest BCUT2D eigenvalue weighted by Crippen LogP contribution is 2.40. The van der Waals surface area contributed by atoms with Gasteiger partial charge in [0.25, 0.3) is 0 Å². The van der Waals surface area contributed by atoms with Crippen LogP contribution in [0.25, 0.3) is 0 Å². The summed E-state index contributed by atoms with van der Waals surface area (Å²) in [6.07, 6.45) is 3.29. The Morgan fingerprint density at radius 1 is 1.39 bits per heavy atom. The van der Waals surface area contributed by atoms with Gasteiger partial charge in [0.1, 0.15) is 16.8 Å². The third kappa shape index (κ3) is 2.69. The van der Waals surface area contributed by atoms with Crippen molar-refractivity contribution in [3.63, 3.8) is 0 Å². The first-order chi connectivity index (χ1) is 10.7. The summed E-state index contributed by atoms with van der Waals surface area (Å²) in [5.74, 6) is 0.417. The van der Waals surface area contributed by atoms with E-state index in [0.29, 0.717) is 12.4 Å². The lowest BCUT2D eigenvalue weighted by atomic mass is 9.79. The maximum absolute atomic E-state index is 12.6. The molecule has 0 unspecified atom stereocenters. The molecule has 0 saturated heterocycles. The van der Waals surface area contributed by atoms with Crippen molar-refractivity contribution in [3.05, 3.63) is 35.5 Å². The molecular formula is C17H21N3O3. The fourth-order valence-corrected chi connectivity index (χ4v) is 2.94. The van der Waals surface area contributed by atoms with Gasteiger partial charge < -0.3 is 15.0 Å². The number of hydrogen-bond acceptors (Lipinski definition) is 4. The zero-order chi connectivity index (χ0) is 16.8. The Morgan fingerprint density at radius 2 is 2.13 bits per heavy atom. The minimum atomic E-state index is -0.884. The van der Waals surface area contributed by atoms with Crippen LogP contribution in [0, 0.1) is 6.92 Å². The van der Waals surface area contributed by atoms with Gasteiger partial charge in [-0.1, -0.05) is 18.2 Å². The second-order valence-corrected chi connectivity index (χ2v) is 7.04. The molecule has 0 bridgehead atoms. The number of aromatic nitrogens is 1. The topological polar surface area (TPSA) is 71.5 Å². The number of amides is 2. The van der Waals surface area contributed by atoms with Crippen molar-refractivity contribution in [1.29, 1.82) is 0 Å². The van der Waals surface area contributed by atoms with Crippen molar-refractivity contribution in [2.75, 3.05) is 18.4 Å². The van der Waals surface area contributed by atoms with Crippen molar-refractivity contribution in [1.82, 2.24) is 9.88 Å². The van der Waals surface area contributed by atoms with E-state index in [-0.39, 0.29) is 12.5 Å².